The summed E-state index contributed by atoms with van der Waals surface area (Å²) in [6.45, 7) is 0. The van der Waals surface area contributed by atoms with Gasteiger partial charge in [-0.3, -0.25) is 9.59 Å². The molecule has 5 nitrogen and oxygen atoms in total. The van der Waals surface area contributed by atoms with Crippen LogP contribution in [0.25, 0.3) is 11.0 Å². The molecule has 31 heavy (non-hydrogen) atoms. The van der Waals surface area contributed by atoms with Crippen molar-refractivity contribution in [1.82, 2.24) is 0 Å². The molecule has 0 aliphatic heterocycles. The molecule has 4 aromatic rings. The Morgan fingerprint density at radius 3 is 2.35 bits per heavy atom. The molecule has 3 aromatic carbocycles. The number of thioether (sulfide) groups is 1. The van der Waals surface area contributed by atoms with E-state index in [0.717, 1.165) is 15.8 Å². The van der Waals surface area contributed by atoms with E-state index in [9.17, 15) is 9.59 Å². The fourth-order valence-corrected chi connectivity index (χ4v) is 4.27. The first-order valence-corrected chi connectivity index (χ1v) is 10.9. The van der Waals surface area contributed by atoms with E-state index in [-0.39, 0.29) is 5.91 Å². The van der Waals surface area contributed by atoms with E-state index in [0.29, 0.717) is 33.4 Å². The Kier molecular flexibility index (Phi) is 6.02. The molecule has 0 atom stereocenters. The number of fused-ring (bicyclic) bond motifs is 1. The first-order valence-electron chi connectivity index (χ1n) is 9.51. The Morgan fingerprint density at radius 1 is 1.00 bits per heavy atom. The van der Waals surface area contributed by atoms with Crippen LogP contribution in [0.4, 0.5) is 5.69 Å². The highest BCUT2D eigenvalue weighted by Crippen LogP contribution is 2.33. The number of rotatable bonds is 6. The fraction of sp³-hybridized carbons (Fsp3) is 0.0833. The van der Waals surface area contributed by atoms with Crippen LogP contribution in [0.2, 0.25) is 5.02 Å². The van der Waals surface area contributed by atoms with Crippen molar-refractivity contribution in [3.05, 3.63) is 94.7 Å². The lowest BCUT2D eigenvalue weighted by molar-refractivity contribution is 0.0966. The smallest absolute Gasteiger partial charge is 0.294 e. The molecular weight excluding hydrogens is 432 g/mol. The highest BCUT2D eigenvalue weighted by molar-refractivity contribution is 7.98. The van der Waals surface area contributed by atoms with Crippen LogP contribution in [-0.2, 0) is 5.75 Å². The molecule has 0 bridgehead atoms. The number of hydrogen-bond donors (Lipinski definition) is 1. The predicted octanol–water partition coefficient (Wildman–Crippen LogP) is 5.75. The summed E-state index contributed by atoms with van der Waals surface area (Å²) in [4.78, 5) is 27.2. The van der Waals surface area contributed by atoms with Crippen LogP contribution < -0.4 is 10.6 Å². The number of nitrogens with two attached hydrogens (primary N) is 1. The maximum atomic E-state index is 13.3. The summed E-state index contributed by atoms with van der Waals surface area (Å²) < 4.78 is 5.97. The van der Waals surface area contributed by atoms with Gasteiger partial charge in [-0.25, -0.2) is 0 Å². The van der Waals surface area contributed by atoms with E-state index in [4.69, 9.17) is 21.8 Å². The number of halogens is 1. The van der Waals surface area contributed by atoms with Gasteiger partial charge in [-0.2, -0.15) is 0 Å². The highest BCUT2D eigenvalue weighted by Gasteiger charge is 2.24. The number of furan rings is 1. The zero-order valence-electron chi connectivity index (χ0n) is 16.7. The molecule has 0 saturated heterocycles. The van der Waals surface area contributed by atoms with Crippen molar-refractivity contribution in [2.24, 2.45) is 5.73 Å². The standard InChI is InChI=1S/C24H19ClN2O3S/c1-27(17-10-6-15(7-11-17)23(26)28)24(29)22-20(19-4-2-3-5-21(19)30-22)14-31-18-12-8-16(25)9-13-18/h2-13H,14H2,1H3,(H2,26,28). The van der Waals surface area contributed by atoms with Gasteiger partial charge in [-0.05, 0) is 54.6 Å². The topological polar surface area (TPSA) is 76.5 Å². The second kappa shape index (κ2) is 8.88. The Hall–Kier alpha value is -3.22. The van der Waals surface area contributed by atoms with Crippen molar-refractivity contribution in [3.63, 3.8) is 0 Å². The normalized spacial score (nSPS) is 10.9. The number of hydrogen-bond acceptors (Lipinski definition) is 4. The van der Waals surface area contributed by atoms with Gasteiger partial charge in [0.25, 0.3) is 5.91 Å². The summed E-state index contributed by atoms with van der Waals surface area (Å²) in [7, 11) is 1.67. The van der Waals surface area contributed by atoms with Crippen molar-refractivity contribution >= 4 is 51.8 Å². The lowest BCUT2D eigenvalue weighted by Crippen LogP contribution is -2.26. The van der Waals surface area contributed by atoms with Crippen LogP contribution in [-0.4, -0.2) is 18.9 Å². The Morgan fingerprint density at radius 2 is 1.68 bits per heavy atom. The summed E-state index contributed by atoms with van der Waals surface area (Å²) in [5.41, 5.74) is 7.81. The average Bonchev–Trinajstić information content (AvgIpc) is 3.16. The highest BCUT2D eigenvalue weighted by atomic mass is 35.5. The van der Waals surface area contributed by atoms with E-state index in [2.05, 4.69) is 0 Å². The molecule has 7 heteroatoms. The number of primary amides is 1. The minimum atomic E-state index is -0.515. The van der Waals surface area contributed by atoms with Crippen molar-refractivity contribution in [3.8, 4) is 0 Å². The lowest BCUT2D eigenvalue weighted by Gasteiger charge is -2.17. The second-order valence-corrected chi connectivity index (χ2v) is 8.41. The van der Waals surface area contributed by atoms with E-state index >= 15 is 0 Å². The second-order valence-electron chi connectivity index (χ2n) is 6.92. The number of benzene rings is 3. The molecule has 0 aliphatic rings. The predicted molar refractivity (Wildman–Crippen MR) is 125 cm³/mol. The van der Waals surface area contributed by atoms with Gasteiger partial charge in [-0.1, -0.05) is 29.8 Å². The van der Waals surface area contributed by atoms with Gasteiger partial charge >= 0.3 is 0 Å². The molecule has 2 N–H and O–H groups in total. The van der Waals surface area contributed by atoms with Crippen molar-refractivity contribution in [2.75, 3.05) is 11.9 Å². The van der Waals surface area contributed by atoms with E-state index in [1.165, 1.54) is 4.90 Å². The summed E-state index contributed by atoms with van der Waals surface area (Å²) >= 11 is 7.58. The quantitative estimate of drug-likeness (QED) is 0.379. The monoisotopic (exact) mass is 450 g/mol. The molecule has 0 fully saturated rings. The Labute approximate surface area is 188 Å². The van der Waals surface area contributed by atoms with Gasteiger partial charge in [0.2, 0.25) is 5.91 Å². The van der Waals surface area contributed by atoms with Gasteiger partial charge in [0.15, 0.2) is 5.76 Å². The van der Waals surface area contributed by atoms with Crippen LogP contribution in [0.1, 0.15) is 26.5 Å². The molecule has 1 heterocycles. The first kappa shape index (κ1) is 21.0. The summed E-state index contributed by atoms with van der Waals surface area (Å²) in [5.74, 6) is 0.0759. The molecular formula is C24H19ClN2O3S. The van der Waals surface area contributed by atoms with Gasteiger partial charge < -0.3 is 15.1 Å². The average molecular weight is 451 g/mol. The van der Waals surface area contributed by atoms with Gasteiger partial charge in [-0.15, -0.1) is 11.8 Å². The number of carbonyl (C=O) groups excluding carboxylic acids is 2. The molecule has 0 unspecified atom stereocenters. The van der Waals surface area contributed by atoms with Crippen LogP contribution in [0.5, 0.6) is 0 Å². The molecule has 2 amide bonds. The molecule has 0 spiro atoms. The number of amides is 2. The SMILES string of the molecule is CN(C(=O)c1oc2ccccc2c1CSc1ccc(Cl)cc1)c1ccc(C(N)=O)cc1. The molecule has 0 saturated carbocycles. The van der Waals surface area contributed by atoms with Gasteiger partial charge in [0, 0.05) is 44.9 Å². The molecule has 0 radical (unpaired) electrons. The minimum absolute atomic E-state index is 0.269. The van der Waals surface area contributed by atoms with Crippen molar-refractivity contribution in [2.45, 2.75) is 10.6 Å². The molecule has 0 aliphatic carbocycles. The molecule has 4 rings (SSSR count). The van der Waals surface area contributed by atoms with Gasteiger partial charge in [0.05, 0.1) is 0 Å². The lowest BCUT2D eigenvalue weighted by atomic mass is 10.1. The third-order valence-electron chi connectivity index (χ3n) is 4.93. The fourth-order valence-electron chi connectivity index (χ4n) is 3.22. The summed E-state index contributed by atoms with van der Waals surface area (Å²) in [6, 6.07) is 21.7. The maximum absolute atomic E-state index is 13.3. The summed E-state index contributed by atoms with van der Waals surface area (Å²) in [6.07, 6.45) is 0. The van der Waals surface area contributed by atoms with Crippen LogP contribution in [0.3, 0.4) is 0 Å². The summed E-state index contributed by atoms with van der Waals surface area (Å²) in [5, 5.41) is 1.59. The zero-order chi connectivity index (χ0) is 22.0. The van der Waals surface area contributed by atoms with E-state index < -0.39 is 5.91 Å². The number of nitrogens with zero attached hydrogens (tertiary/aromatic N) is 1. The zero-order valence-corrected chi connectivity index (χ0v) is 18.2. The van der Waals surface area contributed by atoms with Crippen LogP contribution in [0, 0.1) is 0 Å². The first-order chi connectivity index (χ1) is 14.9. The third-order valence-corrected chi connectivity index (χ3v) is 6.22. The van der Waals surface area contributed by atoms with Crippen molar-refractivity contribution < 1.29 is 14.0 Å². The Balaban J connectivity index is 1.65. The Bertz CT molecular complexity index is 1250. The maximum Gasteiger partial charge on any atom is 0.294 e. The van der Waals surface area contributed by atoms with Crippen LogP contribution in [0.15, 0.2) is 82.1 Å². The number of carbonyl (C=O) groups is 2. The number of para-hydroxylation sites is 1. The van der Waals surface area contributed by atoms with Crippen molar-refractivity contribution in [1.29, 1.82) is 0 Å². The minimum Gasteiger partial charge on any atom is -0.451 e. The van der Waals surface area contributed by atoms with Crippen LogP contribution >= 0.6 is 23.4 Å². The van der Waals surface area contributed by atoms with Gasteiger partial charge in [0.1, 0.15) is 5.58 Å². The molecule has 1 aromatic heterocycles. The van der Waals surface area contributed by atoms with E-state index in [1.54, 1.807) is 43.1 Å². The largest absolute Gasteiger partial charge is 0.451 e. The number of anilines is 1. The van der Waals surface area contributed by atoms with E-state index in [1.807, 2.05) is 48.5 Å². The molecule has 156 valence electrons. The third kappa shape index (κ3) is 4.45.